The summed E-state index contributed by atoms with van der Waals surface area (Å²) in [6.45, 7) is 4.42. The number of aromatic carboxylic acids is 1. The molecule has 59 heavy (non-hydrogen) atoms. The highest BCUT2D eigenvalue weighted by molar-refractivity contribution is 5.90. The third kappa shape index (κ3) is 12.1. The molecule has 0 aliphatic rings. The molecule has 0 bridgehead atoms. The quantitative estimate of drug-likeness (QED) is 0.0890. The molecule has 0 aliphatic heterocycles. The lowest BCUT2D eigenvalue weighted by atomic mass is 10.1. The first-order valence-corrected chi connectivity index (χ1v) is 18.2. The summed E-state index contributed by atoms with van der Waals surface area (Å²) in [6, 6.07) is 33.2. The number of benzene rings is 4. The molecule has 6 rings (SSSR count). The van der Waals surface area contributed by atoms with Gasteiger partial charge in [-0.2, -0.15) is 10.2 Å². The topological polar surface area (TPSA) is 210 Å². The molecule has 16 nitrogen and oxygen atoms in total. The Morgan fingerprint density at radius 1 is 0.593 bits per heavy atom. The molecule has 6 aromatic rings. The number of carbonyl (C=O) groups is 4. The van der Waals surface area contributed by atoms with Crippen molar-refractivity contribution in [2.45, 2.75) is 26.9 Å². The fraction of sp³-hybridized carbons (Fsp3) is 0.163. The van der Waals surface area contributed by atoms with Crippen LogP contribution in [0.5, 0.6) is 0 Å². The maximum atomic E-state index is 12.3. The lowest BCUT2D eigenvalue weighted by molar-refractivity contribution is 0.0599. The number of nitrogens with zero attached hydrogens (tertiary/aromatic N) is 4. The number of esters is 1. The summed E-state index contributed by atoms with van der Waals surface area (Å²) >= 11 is 0. The maximum absolute atomic E-state index is 12.3. The minimum absolute atomic E-state index is 0.174. The highest BCUT2D eigenvalue weighted by atomic mass is 16.6. The SMILES string of the molecule is CCOC(=O)Nc1cccc(Cn2nc(-c3ccc(C(=O)O)cc3)ccc2=O)c1.CCOC(=O)Nc1cccc(Cn2nc(-c3ccc(C(=O)OC)cc3)ccc2=O)c1. The maximum Gasteiger partial charge on any atom is 0.411 e. The molecule has 0 unspecified atom stereocenters. The number of aromatic nitrogens is 4. The van der Waals surface area contributed by atoms with E-state index in [1.807, 2.05) is 12.1 Å². The van der Waals surface area contributed by atoms with E-state index in [0.717, 1.165) is 16.7 Å². The average molecular weight is 801 g/mol. The van der Waals surface area contributed by atoms with Crippen molar-refractivity contribution < 1.29 is 38.5 Å². The van der Waals surface area contributed by atoms with Crippen LogP contribution in [0.15, 0.2) is 131 Å². The van der Waals surface area contributed by atoms with Gasteiger partial charge < -0.3 is 19.3 Å². The summed E-state index contributed by atoms with van der Waals surface area (Å²) in [6.07, 6.45) is -1.09. The Hall–Kier alpha value is -7.88. The molecule has 0 saturated carbocycles. The van der Waals surface area contributed by atoms with Gasteiger partial charge in [-0.05, 0) is 85.6 Å². The van der Waals surface area contributed by atoms with Crippen LogP contribution < -0.4 is 21.8 Å². The molecule has 0 aliphatic carbocycles. The second-order valence-corrected chi connectivity index (χ2v) is 12.5. The number of amides is 2. The molecule has 0 atom stereocenters. The van der Waals surface area contributed by atoms with Gasteiger partial charge >= 0.3 is 24.1 Å². The van der Waals surface area contributed by atoms with Crippen molar-refractivity contribution in [2.75, 3.05) is 31.0 Å². The molecule has 16 heteroatoms. The van der Waals surface area contributed by atoms with Gasteiger partial charge in [0.25, 0.3) is 11.1 Å². The molecular weight excluding hydrogens is 761 g/mol. The third-order valence-electron chi connectivity index (χ3n) is 8.32. The molecular formula is C43H40N6O10. The number of anilines is 2. The van der Waals surface area contributed by atoms with Gasteiger partial charge in [0.1, 0.15) is 0 Å². The second kappa shape index (κ2) is 20.3. The number of hydrogen-bond donors (Lipinski definition) is 3. The van der Waals surface area contributed by atoms with Crippen LogP contribution in [0, 0.1) is 0 Å². The normalized spacial score (nSPS) is 10.4. The van der Waals surface area contributed by atoms with Crippen LogP contribution in [-0.2, 0) is 27.3 Å². The van der Waals surface area contributed by atoms with Crippen LogP contribution in [0.25, 0.3) is 22.5 Å². The van der Waals surface area contributed by atoms with Gasteiger partial charge in [-0.25, -0.2) is 28.5 Å². The van der Waals surface area contributed by atoms with Crippen molar-refractivity contribution >= 4 is 35.5 Å². The zero-order chi connectivity index (χ0) is 42.3. The van der Waals surface area contributed by atoms with E-state index in [1.165, 1.54) is 40.7 Å². The Labute approximate surface area is 337 Å². The Morgan fingerprint density at radius 2 is 1.02 bits per heavy atom. The van der Waals surface area contributed by atoms with E-state index in [4.69, 9.17) is 19.3 Å². The molecule has 4 aromatic carbocycles. The fourth-order valence-electron chi connectivity index (χ4n) is 5.52. The van der Waals surface area contributed by atoms with E-state index in [-0.39, 0.29) is 43.0 Å². The summed E-state index contributed by atoms with van der Waals surface area (Å²) in [4.78, 5) is 70.2. The standard InChI is InChI=1S/C22H21N3O5.C21H19N3O5/c1-3-30-22(28)23-18-6-4-5-15(13-18)14-25-20(26)12-11-19(24-25)16-7-9-17(10-8-16)21(27)29-2;1-2-29-21(28)22-17-5-3-4-14(12-17)13-24-19(25)11-10-18(23-24)15-6-8-16(9-7-15)20(26)27/h4-13H,3,14H2,1-2H3,(H,23,28);3-12H,2,13H2,1H3,(H,22,28)(H,26,27). The molecule has 3 N–H and O–H groups in total. The van der Waals surface area contributed by atoms with Crippen molar-refractivity contribution in [3.8, 4) is 22.5 Å². The van der Waals surface area contributed by atoms with Crippen molar-refractivity contribution in [1.29, 1.82) is 0 Å². The third-order valence-corrected chi connectivity index (χ3v) is 8.32. The van der Waals surface area contributed by atoms with E-state index in [0.29, 0.717) is 33.9 Å². The van der Waals surface area contributed by atoms with Crippen LogP contribution in [0.4, 0.5) is 21.0 Å². The number of carbonyl (C=O) groups excluding carboxylic acids is 3. The van der Waals surface area contributed by atoms with Gasteiger partial charge in [0, 0.05) is 34.6 Å². The summed E-state index contributed by atoms with van der Waals surface area (Å²) in [5, 5.41) is 23.1. The fourth-order valence-corrected chi connectivity index (χ4v) is 5.52. The largest absolute Gasteiger partial charge is 0.478 e. The predicted octanol–water partition coefficient (Wildman–Crippen LogP) is 6.54. The van der Waals surface area contributed by atoms with E-state index in [9.17, 15) is 28.8 Å². The number of ether oxygens (including phenoxy) is 3. The van der Waals surface area contributed by atoms with Gasteiger partial charge in [-0.15, -0.1) is 0 Å². The van der Waals surface area contributed by atoms with Crippen molar-refractivity contribution in [3.05, 3.63) is 164 Å². The molecule has 302 valence electrons. The van der Waals surface area contributed by atoms with Crippen LogP contribution in [0.3, 0.4) is 0 Å². The summed E-state index contributed by atoms with van der Waals surface area (Å²) < 4.78 is 17.1. The molecule has 2 aromatic heterocycles. The number of rotatable bonds is 12. The van der Waals surface area contributed by atoms with Crippen LogP contribution in [0.2, 0.25) is 0 Å². The van der Waals surface area contributed by atoms with Gasteiger partial charge in [0.2, 0.25) is 0 Å². The first-order valence-electron chi connectivity index (χ1n) is 18.2. The minimum Gasteiger partial charge on any atom is -0.478 e. The molecule has 0 spiro atoms. The van der Waals surface area contributed by atoms with Gasteiger partial charge in [-0.3, -0.25) is 20.2 Å². The van der Waals surface area contributed by atoms with Gasteiger partial charge in [0.15, 0.2) is 0 Å². The van der Waals surface area contributed by atoms with Gasteiger partial charge in [-0.1, -0.05) is 48.5 Å². The predicted molar refractivity (Wildman–Crippen MR) is 219 cm³/mol. The molecule has 0 saturated heterocycles. The summed E-state index contributed by atoms with van der Waals surface area (Å²) in [5.74, 6) is -1.43. The highest BCUT2D eigenvalue weighted by Gasteiger charge is 2.11. The second-order valence-electron chi connectivity index (χ2n) is 12.5. The highest BCUT2D eigenvalue weighted by Crippen LogP contribution is 2.19. The number of carboxylic acid groups (broad SMARTS) is 1. The number of nitrogens with one attached hydrogen (secondary N) is 2. The Morgan fingerprint density at radius 3 is 1.41 bits per heavy atom. The Bertz CT molecular complexity index is 2550. The van der Waals surface area contributed by atoms with Crippen LogP contribution >= 0.6 is 0 Å². The van der Waals surface area contributed by atoms with Crippen molar-refractivity contribution in [1.82, 2.24) is 19.6 Å². The number of methoxy groups -OCH3 is 1. The van der Waals surface area contributed by atoms with Crippen molar-refractivity contribution in [3.63, 3.8) is 0 Å². The lowest BCUT2D eigenvalue weighted by Gasteiger charge is -2.10. The van der Waals surface area contributed by atoms with Crippen LogP contribution in [-0.4, -0.2) is 69.1 Å². The minimum atomic E-state index is -1.01. The summed E-state index contributed by atoms with van der Waals surface area (Å²) in [5.41, 5.74) is 5.33. The zero-order valence-electron chi connectivity index (χ0n) is 32.3. The Balaban J connectivity index is 0.000000224. The summed E-state index contributed by atoms with van der Waals surface area (Å²) in [7, 11) is 1.32. The Kier molecular flexibility index (Phi) is 14.6. The molecule has 0 radical (unpaired) electrons. The van der Waals surface area contributed by atoms with E-state index < -0.39 is 24.1 Å². The van der Waals surface area contributed by atoms with Crippen LogP contribution in [0.1, 0.15) is 45.7 Å². The monoisotopic (exact) mass is 800 g/mol. The zero-order valence-corrected chi connectivity index (χ0v) is 32.3. The smallest absolute Gasteiger partial charge is 0.411 e. The van der Waals surface area contributed by atoms with E-state index >= 15 is 0 Å². The van der Waals surface area contributed by atoms with Gasteiger partial charge in [0.05, 0.1) is 55.9 Å². The first kappa shape index (κ1) is 42.3. The molecule has 2 amide bonds. The van der Waals surface area contributed by atoms with Crippen molar-refractivity contribution in [2.24, 2.45) is 0 Å². The lowest BCUT2D eigenvalue weighted by Crippen LogP contribution is -2.23. The van der Waals surface area contributed by atoms with E-state index in [2.05, 4.69) is 20.8 Å². The van der Waals surface area contributed by atoms with E-state index in [1.54, 1.807) is 98.8 Å². The number of carboxylic acids is 1. The average Bonchev–Trinajstić information content (AvgIpc) is 3.23. The first-order chi connectivity index (χ1) is 28.5. The molecule has 2 heterocycles. The number of hydrogen-bond acceptors (Lipinski definition) is 11. The molecule has 0 fully saturated rings.